The van der Waals surface area contributed by atoms with E-state index in [1.54, 1.807) is 0 Å². The smallest absolute Gasteiger partial charge is 0.0902 e. The Kier molecular flexibility index (Phi) is 3.88. The number of pyridine rings is 1. The zero-order valence-electron chi connectivity index (χ0n) is 18.8. The number of thiophene rings is 1. The molecule has 0 amide bonds. The second kappa shape index (κ2) is 7.11. The normalized spacial score (nSPS) is 12.0. The molecule has 0 bridgehead atoms. The molecule has 0 aliphatic carbocycles. The van der Waals surface area contributed by atoms with E-state index in [-0.39, 0.29) is 0 Å². The highest BCUT2D eigenvalue weighted by molar-refractivity contribution is 7.26. The van der Waals surface area contributed by atoms with Crippen LogP contribution in [-0.4, -0.2) is 4.98 Å². The molecule has 0 saturated heterocycles. The summed E-state index contributed by atoms with van der Waals surface area (Å²) < 4.78 is 2.54. The number of aromatic nitrogens is 1. The second-order valence-electron chi connectivity index (χ2n) is 9.13. The molecule has 0 fully saturated rings. The largest absolute Gasteiger partial charge is 0.246 e. The van der Waals surface area contributed by atoms with E-state index in [1.165, 1.54) is 63.6 Å². The predicted octanol–water partition coefficient (Wildman–Crippen LogP) is 9.73. The Bertz CT molecular complexity index is 2080. The molecule has 0 aliphatic heterocycles. The van der Waals surface area contributed by atoms with Crippen LogP contribution in [0, 0.1) is 0 Å². The average molecular weight is 462 g/mol. The molecular formula is C33H19NS. The Hall–Kier alpha value is -4.27. The van der Waals surface area contributed by atoms with E-state index in [1.807, 2.05) is 11.3 Å². The summed E-state index contributed by atoms with van der Waals surface area (Å²) in [5, 5.41) is 10.3. The van der Waals surface area contributed by atoms with Gasteiger partial charge < -0.3 is 0 Å². The van der Waals surface area contributed by atoms with E-state index in [0.29, 0.717) is 0 Å². The maximum absolute atomic E-state index is 5.12. The van der Waals surface area contributed by atoms with Crippen LogP contribution >= 0.6 is 11.3 Å². The number of nitrogens with zero attached hydrogens (tertiary/aromatic N) is 1. The van der Waals surface area contributed by atoms with Crippen molar-refractivity contribution in [2.45, 2.75) is 0 Å². The fraction of sp³-hybridized carbons (Fsp3) is 0. The van der Waals surface area contributed by atoms with Crippen LogP contribution in [0.3, 0.4) is 0 Å². The number of hydrogen-bond donors (Lipinski definition) is 0. The molecule has 8 aromatic rings. The lowest BCUT2D eigenvalue weighted by molar-refractivity contribution is 1.53. The van der Waals surface area contributed by atoms with Gasteiger partial charge in [0.2, 0.25) is 0 Å². The zero-order chi connectivity index (χ0) is 22.9. The van der Waals surface area contributed by atoms with Crippen molar-refractivity contribution in [1.29, 1.82) is 0 Å². The highest BCUT2D eigenvalue weighted by Gasteiger charge is 2.17. The number of rotatable bonds is 1. The molecule has 0 radical (unpaired) electrons. The third-order valence-electron chi connectivity index (χ3n) is 7.23. The lowest BCUT2D eigenvalue weighted by Gasteiger charge is -2.13. The van der Waals surface area contributed by atoms with Crippen LogP contribution in [0.1, 0.15) is 0 Å². The molecule has 2 heteroatoms. The molecule has 2 heterocycles. The lowest BCUT2D eigenvalue weighted by Crippen LogP contribution is -1.88. The lowest BCUT2D eigenvalue weighted by atomic mass is 9.91. The fourth-order valence-corrected chi connectivity index (χ4v) is 6.91. The predicted molar refractivity (Wildman–Crippen MR) is 153 cm³/mol. The third-order valence-corrected chi connectivity index (χ3v) is 8.41. The Morgan fingerprint density at radius 2 is 1.00 bits per heavy atom. The standard InChI is InChI=1S/C33H19NS/c1-2-11-23-21(9-1)22-10-3-4-12-24(22)28-19-20(17-18-25(23)28)31-26-13-5-7-15-29(26)34-32-27-14-6-8-16-30(27)35-33(31)32/h1-19H. The second-order valence-corrected chi connectivity index (χ2v) is 10.2. The molecule has 1 nitrogen and oxygen atoms in total. The average Bonchev–Trinajstić information content (AvgIpc) is 3.29. The Morgan fingerprint density at radius 3 is 1.71 bits per heavy atom. The Morgan fingerprint density at radius 1 is 0.457 bits per heavy atom. The first-order valence-corrected chi connectivity index (χ1v) is 12.7. The van der Waals surface area contributed by atoms with Crippen molar-refractivity contribution in [2.75, 3.05) is 0 Å². The van der Waals surface area contributed by atoms with E-state index in [9.17, 15) is 0 Å². The maximum atomic E-state index is 5.12. The van der Waals surface area contributed by atoms with Crippen molar-refractivity contribution >= 4 is 74.9 Å². The highest BCUT2D eigenvalue weighted by Crippen LogP contribution is 2.44. The Labute approximate surface area is 205 Å². The van der Waals surface area contributed by atoms with E-state index in [4.69, 9.17) is 4.98 Å². The van der Waals surface area contributed by atoms with Gasteiger partial charge in [-0.15, -0.1) is 11.3 Å². The van der Waals surface area contributed by atoms with Gasteiger partial charge in [0, 0.05) is 21.0 Å². The van der Waals surface area contributed by atoms with Gasteiger partial charge in [0.15, 0.2) is 0 Å². The van der Waals surface area contributed by atoms with Gasteiger partial charge in [-0.05, 0) is 56.1 Å². The first kappa shape index (κ1) is 19.1. The molecule has 8 rings (SSSR count). The van der Waals surface area contributed by atoms with Crippen molar-refractivity contribution in [3.05, 3.63) is 115 Å². The first-order chi connectivity index (χ1) is 17.4. The monoisotopic (exact) mass is 461 g/mol. The van der Waals surface area contributed by atoms with E-state index < -0.39 is 0 Å². The minimum atomic E-state index is 1.04. The van der Waals surface area contributed by atoms with Crippen molar-refractivity contribution in [3.8, 4) is 11.1 Å². The molecule has 0 unspecified atom stereocenters. The van der Waals surface area contributed by atoms with Crippen LogP contribution in [0.25, 0.3) is 74.6 Å². The molecular weight excluding hydrogens is 442 g/mol. The topological polar surface area (TPSA) is 12.9 Å². The molecule has 2 aromatic heterocycles. The van der Waals surface area contributed by atoms with Crippen LogP contribution in [0.15, 0.2) is 115 Å². The molecule has 0 spiro atoms. The molecule has 0 atom stereocenters. The van der Waals surface area contributed by atoms with Gasteiger partial charge in [0.05, 0.1) is 15.7 Å². The summed E-state index contributed by atoms with van der Waals surface area (Å²) in [5.74, 6) is 0. The van der Waals surface area contributed by atoms with E-state index in [2.05, 4.69) is 115 Å². The molecule has 0 N–H and O–H groups in total. The molecule has 162 valence electrons. The van der Waals surface area contributed by atoms with Crippen molar-refractivity contribution in [1.82, 2.24) is 4.98 Å². The van der Waals surface area contributed by atoms with Crippen molar-refractivity contribution in [3.63, 3.8) is 0 Å². The number of para-hydroxylation sites is 1. The molecule has 0 aliphatic rings. The van der Waals surface area contributed by atoms with Crippen LogP contribution in [0.2, 0.25) is 0 Å². The molecule has 6 aromatic carbocycles. The summed E-state index contributed by atoms with van der Waals surface area (Å²) in [6.45, 7) is 0. The highest BCUT2D eigenvalue weighted by atomic mass is 32.1. The third kappa shape index (κ3) is 2.66. The Balaban J connectivity index is 1.56. The van der Waals surface area contributed by atoms with Gasteiger partial charge >= 0.3 is 0 Å². The minimum Gasteiger partial charge on any atom is -0.246 e. The van der Waals surface area contributed by atoms with E-state index in [0.717, 1.165) is 11.0 Å². The maximum Gasteiger partial charge on any atom is 0.0902 e. The quantitative estimate of drug-likeness (QED) is 0.222. The molecule has 0 saturated carbocycles. The van der Waals surface area contributed by atoms with Gasteiger partial charge in [-0.3, -0.25) is 0 Å². The summed E-state index contributed by atoms with van der Waals surface area (Å²) in [6, 6.07) is 41.7. The van der Waals surface area contributed by atoms with Gasteiger partial charge in [0.1, 0.15) is 0 Å². The summed E-state index contributed by atoms with van der Waals surface area (Å²) in [7, 11) is 0. The number of fused-ring (bicyclic) bond motifs is 10. The van der Waals surface area contributed by atoms with Gasteiger partial charge in [0.25, 0.3) is 0 Å². The fourth-order valence-electron chi connectivity index (χ4n) is 5.69. The van der Waals surface area contributed by atoms with Crippen LogP contribution in [-0.2, 0) is 0 Å². The van der Waals surface area contributed by atoms with Crippen molar-refractivity contribution < 1.29 is 0 Å². The van der Waals surface area contributed by atoms with Gasteiger partial charge in [-0.2, -0.15) is 0 Å². The zero-order valence-corrected chi connectivity index (χ0v) is 19.6. The summed E-state index contributed by atoms with van der Waals surface area (Å²) >= 11 is 1.85. The van der Waals surface area contributed by atoms with Gasteiger partial charge in [-0.25, -0.2) is 4.98 Å². The van der Waals surface area contributed by atoms with Gasteiger partial charge in [-0.1, -0.05) is 97.1 Å². The first-order valence-electron chi connectivity index (χ1n) is 11.9. The minimum absolute atomic E-state index is 1.04. The number of benzene rings is 6. The van der Waals surface area contributed by atoms with Crippen LogP contribution in [0.4, 0.5) is 0 Å². The summed E-state index contributed by atoms with van der Waals surface area (Å²) in [6.07, 6.45) is 0. The van der Waals surface area contributed by atoms with E-state index >= 15 is 0 Å². The number of hydrogen-bond acceptors (Lipinski definition) is 2. The van der Waals surface area contributed by atoms with Crippen LogP contribution in [0.5, 0.6) is 0 Å². The SMILES string of the molecule is c1ccc2c(-c3ccc4c5ccccc5c5ccccc5c4c3)c3sc4ccccc4c3nc2c1. The summed E-state index contributed by atoms with van der Waals surface area (Å²) in [4.78, 5) is 5.12. The van der Waals surface area contributed by atoms with Crippen LogP contribution < -0.4 is 0 Å². The van der Waals surface area contributed by atoms with Crippen molar-refractivity contribution in [2.24, 2.45) is 0 Å². The molecule has 35 heavy (non-hydrogen) atoms. The summed E-state index contributed by atoms with van der Waals surface area (Å²) in [5.41, 5.74) is 4.67.